The van der Waals surface area contributed by atoms with Crippen molar-refractivity contribution in [2.75, 3.05) is 12.8 Å². The highest BCUT2D eigenvalue weighted by molar-refractivity contribution is 7.94. The fourth-order valence-electron chi connectivity index (χ4n) is 0.663. The first-order valence-electron chi connectivity index (χ1n) is 2.89. The molecule has 0 spiro atoms. The van der Waals surface area contributed by atoms with Crippen LogP contribution in [0.25, 0.3) is 0 Å². The second-order valence-corrected chi connectivity index (χ2v) is 2.79. The van der Waals surface area contributed by atoms with Gasteiger partial charge in [0.25, 0.3) is 0 Å². The van der Waals surface area contributed by atoms with E-state index in [4.69, 9.17) is 9.92 Å². The number of nitrogens with two attached hydrogens (primary N) is 1. The third kappa shape index (κ3) is 1.93. The molecule has 0 aliphatic rings. The van der Waals surface area contributed by atoms with Gasteiger partial charge in [-0.15, -0.1) is 0 Å². The number of anilines is 1. The van der Waals surface area contributed by atoms with Crippen molar-refractivity contribution in [1.82, 2.24) is 0 Å². The van der Waals surface area contributed by atoms with Crippen LogP contribution in [0.1, 0.15) is 0 Å². The monoisotopic (exact) mass is 155 g/mol. The molecule has 54 valence electrons. The first-order valence-corrected chi connectivity index (χ1v) is 3.63. The summed E-state index contributed by atoms with van der Waals surface area (Å²) in [7, 11) is 1.63. The molecular formula is C7H9NOS. The summed E-state index contributed by atoms with van der Waals surface area (Å²) in [6.45, 7) is 0. The average molecular weight is 155 g/mol. The van der Waals surface area contributed by atoms with Crippen molar-refractivity contribution < 1.29 is 4.18 Å². The number of hydrogen-bond donors (Lipinski definition) is 1. The van der Waals surface area contributed by atoms with Crippen molar-refractivity contribution in [3.05, 3.63) is 24.3 Å². The molecule has 0 heterocycles. The number of benzene rings is 1. The Morgan fingerprint density at radius 2 is 2.30 bits per heavy atom. The molecule has 0 aliphatic carbocycles. The Hall–Kier alpha value is -0.670. The van der Waals surface area contributed by atoms with Gasteiger partial charge in [-0.25, -0.2) is 0 Å². The van der Waals surface area contributed by atoms with Crippen LogP contribution in [-0.2, 0) is 4.18 Å². The molecule has 10 heavy (non-hydrogen) atoms. The average Bonchev–Trinajstić information content (AvgIpc) is 1.88. The van der Waals surface area contributed by atoms with Crippen LogP contribution in [0, 0.1) is 0 Å². The highest BCUT2D eigenvalue weighted by atomic mass is 32.2. The van der Waals surface area contributed by atoms with Gasteiger partial charge in [0.05, 0.1) is 7.11 Å². The van der Waals surface area contributed by atoms with E-state index in [1.54, 1.807) is 7.11 Å². The number of nitrogen functional groups attached to an aromatic ring is 1. The Morgan fingerprint density at radius 3 is 2.90 bits per heavy atom. The largest absolute Gasteiger partial charge is 0.399 e. The lowest BCUT2D eigenvalue weighted by Crippen LogP contribution is -1.83. The molecule has 0 aliphatic heterocycles. The fraction of sp³-hybridized carbons (Fsp3) is 0.143. The van der Waals surface area contributed by atoms with Gasteiger partial charge in [-0.3, -0.25) is 0 Å². The van der Waals surface area contributed by atoms with Gasteiger partial charge < -0.3 is 9.92 Å². The van der Waals surface area contributed by atoms with Gasteiger partial charge in [-0.2, -0.15) is 0 Å². The molecule has 0 amide bonds. The van der Waals surface area contributed by atoms with Crippen LogP contribution in [0.2, 0.25) is 0 Å². The molecular weight excluding hydrogens is 146 g/mol. The summed E-state index contributed by atoms with van der Waals surface area (Å²) in [5.74, 6) is 0. The first-order chi connectivity index (χ1) is 4.83. The van der Waals surface area contributed by atoms with E-state index >= 15 is 0 Å². The second kappa shape index (κ2) is 3.49. The third-order valence-electron chi connectivity index (χ3n) is 1.04. The van der Waals surface area contributed by atoms with E-state index in [0.717, 1.165) is 10.6 Å². The second-order valence-electron chi connectivity index (χ2n) is 1.82. The van der Waals surface area contributed by atoms with E-state index in [1.165, 1.54) is 12.0 Å². The summed E-state index contributed by atoms with van der Waals surface area (Å²) in [6.07, 6.45) is 0. The zero-order chi connectivity index (χ0) is 7.40. The van der Waals surface area contributed by atoms with Gasteiger partial charge >= 0.3 is 0 Å². The zero-order valence-corrected chi connectivity index (χ0v) is 6.52. The Kier molecular flexibility index (Phi) is 2.59. The van der Waals surface area contributed by atoms with Crippen molar-refractivity contribution >= 4 is 17.7 Å². The molecule has 0 bridgehead atoms. The standard InChI is InChI=1S/C7H9NOS/c1-9-10-7-4-2-3-6(8)5-7/h2-5H,8H2,1H3. The minimum absolute atomic E-state index is 0.766. The molecule has 1 rings (SSSR count). The van der Waals surface area contributed by atoms with Crippen LogP contribution in [0.5, 0.6) is 0 Å². The fourth-order valence-corrected chi connectivity index (χ4v) is 1.17. The SMILES string of the molecule is COSc1cccc(N)c1. The molecule has 2 N–H and O–H groups in total. The van der Waals surface area contributed by atoms with Gasteiger partial charge in [0.2, 0.25) is 0 Å². The lowest BCUT2D eigenvalue weighted by molar-refractivity contribution is 0.490. The predicted molar refractivity (Wildman–Crippen MR) is 43.7 cm³/mol. The molecule has 0 saturated carbocycles. The minimum Gasteiger partial charge on any atom is -0.399 e. The van der Waals surface area contributed by atoms with Crippen molar-refractivity contribution in [2.45, 2.75) is 4.90 Å². The maximum atomic E-state index is 5.52. The number of rotatable bonds is 2. The summed E-state index contributed by atoms with van der Waals surface area (Å²) in [4.78, 5) is 1.03. The van der Waals surface area contributed by atoms with Crippen LogP contribution in [-0.4, -0.2) is 7.11 Å². The summed E-state index contributed by atoms with van der Waals surface area (Å²) < 4.78 is 4.84. The molecule has 0 atom stereocenters. The molecule has 3 heteroatoms. The maximum absolute atomic E-state index is 5.52. The van der Waals surface area contributed by atoms with Gasteiger partial charge in [0, 0.05) is 22.6 Å². The van der Waals surface area contributed by atoms with Crippen molar-refractivity contribution in [2.24, 2.45) is 0 Å². The molecule has 0 unspecified atom stereocenters. The van der Waals surface area contributed by atoms with Crippen LogP contribution >= 0.6 is 12.0 Å². The van der Waals surface area contributed by atoms with Crippen molar-refractivity contribution in [1.29, 1.82) is 0 Å². The molecule has 0 aromatic heterocycles. The Balaban J connectivity index is 2.75. The third-order valence-corrected chi connectivity index (χ3v) is 1.65. The number of hydrogen-bond acceptors (Lipinski definition) is 3. The van der Waals surface area contributed by atoms with Gasteiger partial charge in [0.1, 0.15) is 0 Å². The normalized spacial score (nSPS) is 9.70. The lowest BCUT2D eigenvalue weighted by Gasteiger charge is -1.97. The van der Waals surface area contributed by atoms with E-state index in [-0.39, 0.29) is 0 Å². The molecule has 0 saturated heterocycles. The molecule has 1 aromatic carbocycles. The van der Waals surface area contributed by atoms with Gasteiger partial charge in [0.15, 0.2) is 0 Å². The van der Waals surface area contributed by atoms with Crippen molar-refractivity contribution in [3.63, 3.8) is 0 Å². The van der Waals surface area contributed by atoms with Crippen LogP contribution in [0.3, 0.4) is 0 Å². The highest BCUT2D eigenvalue weighted by Crippen LogP contribution is 2.19. The molecule has 0 fully saturated rings. The van der Waals surface area contributed by atoms with Crippen LogP contribution in [0.4, 0.5) is 5.69 Å². The maximum Gasteiger partial charge on any atom is 0.0508 e. The van der Waals surface area contributed by atoms with E-state index in [1.807, 2.05) is 24.3 Å². The minimum atomic E-state index is 0.766. The zero-order valence-electron chi connectivity index (χ0n) is 5.70. The summed E-state index contributed by atoms with van der Waals surface area (Å²) in [6, 6.07) is 7.56. The van der Waals surface area contributed by atoms with E-state index in [9.17, 15) is 0 Å². The Bertz CT molecular complexity index is 215. The lowest BCUT2D eigenvalue weighted by atomic mass is 10.3. The predicted octanol–water partition coefficient (Wildman–Crippen LogP) is 1.92. The molecule has 1 aromatic rings. The van der Waals surface area contributed by atoms with E-state index in [2.05, 4.69) is 0 Å². The van der Waals surface area contributed by atoms with E-state index in [0.29, 0.717) is 0 Å². The Morgan fingerprint density at radius 1 is 1.50 bits per heavy atom. The van der Waals surface area contributed by atoms with E-state index < -0.39 is 0 Å². The van der Waals surface area contributed by atoms with Crippen LogP contribution < -0.4 is 5.73 Å². The quantitative estimate of drug-likeness (QED) is 0.523. The summed E-state index contributed by atoms with van der Waals surface area (Å²) >= 11 is 1.31. The molecule has 2 nitrogen and oxygen atoms in total. The molecule has 0 radical (unpaired) electrons. The van der Waals surface area contributed by atoms with Crippen LogP contribution in [0.15, 0.2) is 29.2 Å². The topological polar surface area (TPSA) is 35.2 Å². The Labute approximate surface area is 64.6 Å². The van der Waals surface area contributed by atoms with Gasteiger partial charge in [-0.05, 0) is 18.2 Å². The summed E-state index contributed by atoms with van der Waals surface area (Å²) in [5.41, 5.74) is 6.29. The highest BCUT2D eigenvalue weighted by Gasteiger charge is 1.91. The van der Waals surface area contributed by atoms with Crippen molar-refractivity contribution in [3.8, 4) is 0 Å². The smallest absolute Gasteiger partial charge is 0.0508 e. The first kappa shape index (κ1) is 7.44. The summed E-state index contributed by atoms with van der Waals surface area (Å²) in [5, 5.41) is 0. The van der Waals surface area contributed by atoms with Gasteiger partial charge in [-0.1, -0.05) is 6.07 Å².